The van der Waals surface area contributed by atoms with E-state index in [0.717, 1.165) is 17.8 Å². The predicted molar refractivity (Wildman–Crippen MR) is 94.5 cm³/mol. The first-order valence-corrected chi connectivity index (χ1v) is 8.11. The number of aryl methyl sites for hydroxylation is 1. The minimum absolute atomic E-state index is 0.151. The van der Waals surface area contributed by atoms with Crippen LogP contribution < -0.4 is 5.32 Å². The summed E-state index contributed by atoms with van der Waals surface area (Å²) >= 11 is 0. The van der Waals surface area contributed by atoms with Crippen molar-refractivity contribution in [1.82, 2.24) is 14.8 Å². The minimum Gasteiger partial charge on any atom is -0.322 e. The number of carbonyl (C=O) groups is 1. The molecule has 1 aromatic carbocycles. The lowest BCUT2D eigenvalue weighted by Crippen LogP contribution is -2.14. The topological polar surface area (TPSA) is 59.8 Å². The van der Waals surface area contributed by atoms with E-state index in [9.17, 15) is 4.79 Å². The zero-order chi connectivity index (χ0) is 16.9. The molecule has 2 heterocycles. The maximum atomic E-state index is 12.7. The van der Waals surface area contributed by atoms with E-state index < -0.39 is 0 Å². The fourth-order valence-corrected chi connectivity index (χ4v) is 2.65. The minimum atomic E-state index is -0.151. The lowest BCUT2D eigenvalue weighted by atomic mass is 10.1. The Balaban J connectivity index is 1.89. The van der Waals surface area contributed by atoms with Gasteiger partial charge in [0.15, 0.2) is 5.82 Å². The zero-order valence-electron chi connectivity index (χ0n) is 13.9. The molecule has 0 fully saturated rings. The van der Waals surface area contributed by atoms with E-state index in [-0.39, 0.29) is 5.91 Å². The van der Waals surface area contributed by atoms with Crippen LogP contribution in [-0.4, -0.2) is 20.7 Å². The van der Waals surface area contributed by atoms with Crippen molar-refractivity contribution in [2.45, 2.75) is 26.7 Å². The van der Waals surface area contributed by atoms with Crippen LogP contribution in [0.3, 0.4) is 0 Å². The molecule has 122 valence electrons. The van der Waals surface area contributed by atoms with E-state index >= 15 is 0 Å². The van der Waals surface area contributed by atoms with Gasteiger partial charge in [-0.05, 0) is 42.7 Å². The van der Waals surface area contributed by atoms with Gasteiger partial charge >= 0.3 is 0 Å². The Kier molecular flexibility index (Phi) is 4.70. The first kappa shape index (κ1) is 15.9. The molecule has 5 nitrogen and oxygen atoms in total. The number of anilines is 1. The van der Waals surface area contributed by atoms with Gasteiger partial charge in [0.05, 0.1) is 17.5 Å². The highest BCUT2D eigenvalue weighted by atomic mass is 16.1. The Morgan fingerprint density at radius 2 is 2.00 bits per heavy atom. The number of aromatic nitrogens is 3. The summed E-state index contributed by atoms with van der Waals surface area (Å²) in [6.45, 7) is 4.10. The van der Waals surface area contributed by atoms with Crippen molar-refractivity contribution in [2.24, 2.45) is 0 Å². The second-order valence-electron chi connectivity index (χ2n) is 5.47. The first-order valence-electron chi connectivity index (χ1n) is 8.11. The molecule has 0 saturated carbocycles. The Morgan fingerprint density at radius 3 is 2.71 bits per heavy atom. The Morgan fingerprint density at radius 1 is 1.12 bits per heavy atom. The van der Waals surface area contributed by atoms with Crippen molar-refractivity contribution in [3.8, 4) is 5.82 Å². The van der Waals surface area contributed by atoms with Gasteiger partial charge in [0.25, 0.3) is 5.91 Å². The summed E-state index contributed by atoms with van der Waals surface area (Å²) in [5.74, 6) is 0.559. The van der Waals surface area contributed by atoms with Crippen LogP contribution in [0.15, 0.2) is 54.9 Å². The molecular formula is C19H20N4O. The third-order valence-corrected chi connectivity index (χ3v) is 3.91. The normalized spacial score (nSPS) is 10.6. The molecule has 2 aromatic heterocycles. The number of carbonyl (C=O) groups excluding carboxylic acids is 1. The van der Waals surface area contributed by atoms with Gasteiger partial charge in [-0.1, -0.05) is 32.0 Å². The fraction of sp³-hybridized carbons (Fsp3) is 0.211. The van der Waals surface area contributed by atoms with E-state index in [4.69, 9.17) is 0 Å². The molecule has 24 heavy (non-hydrogen) atoms. The summed E-state index contributed by atoms with van der Waals surface area (Å²) in [6, 6.07) is 13.5. The van der Waals surface area contributed by atoms with E-state index in [0.29, 0.717) is 17.8 Å². The molecule has 5 heteroatoms. The van der Waals surface area contributed by atoms with Gasteiger partial charge in [0.1, 0.15) is 0 Å². The van der Waals surface area contributed by atoms with Crippen LogP contribution in [0.4, 0.5) is 5.69 Å². The van der Waals surface area contributed by atoms with Gasteiger partial charge in [-0.3, -0.25) is 4.79 Å². The molecule has 0 atom stereocenters. The molecule has 0 aliphatic heterocycles. The van der Waals surface area contributed by atoms with Gasteiger partial charge in [-0.2, -0.15) is 5.10 Å². The standard InChI is InChI=1S/C19H20N4O/c1-3-14-8-7-9-15(12-14)22-19(24)16-13-21-23(17(16)4-2)18-10-5-6-11-20-18/h5-13H,3-4H2,1-2H3,(H,22,24). The van der Waals surface area contributed by atoms with Gasteiger partial charge in [0, 0.05) is 11.9 Å². The predicted octanol–water partition coefficient (Wildman–Crippen LogP) is 3.64. The number of nitrogens with zero attached hydrogens (tertiary/aromatic N) is 3. The van der Waals surface area contributed by atoms with Crippen molar-refractivity contribution < 1.29 is 4.79 Å². The summed E-state index contributed by atoms with van der Waals surface area (Å²) in [5.41, 5.74) is 3.41. The lowest BCUT2D eigenvalue weighted by Gasteiger charge is -2.08. The summed E-state index contributed by atoms with van der Waals surface area (Å²) < 4.78 is 1.72. The molecule has 0 radical (unpaired) electrons. The second kappa shape index (κ2) is 7.08. The van der Waals surface area contributed by atoms with E-state index in [1.54, 1.807) is 17.1 Å². The molecule has 0 unspecified atom stereocenters. The number of benzene rings is 1. The molecule has 0 bridgehead atoms. The average Bonchev–Trinajstić information content (AvgIpc) is 3.06. The number of pyridine rings is 1. The van der Waals surface area contributed by atoms with Crippen LogP contribution in [0.1, 0.15) is 35.5 Å². The van der Waals surface area contributed by atoms with Crippen molar-refractivity contribution in [2.75, 3.05) is 5.32 Å². The number of hydrogen-bond acceptors (Lipinski definition) is 3. The quantitative estimate of drug-likeness (QED) is 0.780. The van der Waals surface area contributed by atoms with Gasteiger partial charge < -0.3 is 5.32 Å². The zero-order valence-corrected chi connectivity index (χ0v) is 13.9. The highest BCUT2D eigenvalue weighted by Crippen LogP contribution is 2.17. The second-order valence-corrected chi connectivity index (χ2v) is 5.47. The van der Waals surface area contributed by atoms with Crippen LogP contribution in [0.2, 0.25) is 0 Å². The van der Waals surface area contributed by atoms with Gasteiger partial charge in [-0.15, -0.1) is 0 Å². The molecule has 0 saturated heterocycles. The summed E-state index contributed by atoms with van der Waals surface area (Å²) in [4.78, 5) is 17.0. The van der Waals surface area contributed by atoms with E-state index in [1.807, 2.05) is 49.4 Å². The maximum Gasteiger partial charge on any atom is 0.259 e. The lowest BCUT2D eigenvalue weighted by molar-refractivity contribution is 0.102. The Labute approximate surface area is 141 Å². The van der Waals surface area contributed by atoms with Crippen molar-refractivity contribution >= 4 is 11.6 Å². The third kappa shape index (κ3) is 3.20. The Bertz CT molecular complexity index is 840. The van der Waals surface area contributed by atoms with Crippen LogP contribution in [0.5, 0.6) is 0 Å². The molecule has 3 rings (SSSR count). The molecule has 3 aromatic rings. The molecular weight excluding hydrogens is 300 g/mol. The fourth-order valence-electron chi connectivity index (χ4n) is 2.65. The molecule has 0 aliphatic rings. The van der Waals surface area contributed by atoms with Gasteiger partial charge in [-0.25, -0.2) is 9.67 Å². The molecule has 1 amide bonds. The molecule has 0 spiro atoms. The van der Waals surface area contributed by atoms with Crippen LogP contribution in [0, 0.1) is 0 Å². The van der Waals surface area contributed by atoms with Crippen LogP contribution in [-0.2, 0) is 12.8 Å². The van der Waals surface area contributed by atoms with Crippen LogP contribution in [0.25, 0.3) is 5.82 Å². The average molecular weight is 320 g/mol. The van der Waals surface area contributed by atoms with Crippen LogP contribution >= 0.6 is 0 Å². The molecule has 1 N–H and O–H groups in total. The van der Waals surface area contributed by atoms with Crippen molar-refractivity contribution in [3.05, 3.63) is 71.7 Å². The monoisotopic (exact) mass is 320 g/mol. The number of hydrogen-bond donors (Lipinski definition) is 1. The molecule has 0 aliphatic carbocycles. The summed E-state index contributed by atoms with van der Waals surface area (Å²) in [7, 11) is 0. The van der Waals surface area contributed by atoms with Crippen molar-refractivity contribution in [1.29, 1.82) is 0 Å². The third-order valence-electron chi connectivity index (χ3n) is 3.91. The smallest absolute Gasteiger partial charge is 0.259 e. The van der Waals surface area contributed by atoms with E-state index in [1.165, 1.54) is 5.56 Å². The highest BCUT2D eigenvalue weighted by Gasteiger charge is 2.17. The summed E-state index contributed by atoms with van der Waals surface area (Å²) in [6.07, 6.45) is 4.94. The first-order chi connectivity index (χ1) is 11.7. The number of rotatable bonds is 5. The van der Waals surface area contributed by atoms with Crippen molar-refractivity contribution in [3.63, 3.8) is 0 Å². The highest BCUT2D eigenvalue weighted by molar-refractivity contribution is 6.05. The van der Waals surface area contributed by atoms with E-state index in [2.05, 4.69) is 22.3 Å². The Hall–Kier alpha value is -2.95. The number of nitrogens with one attached hydrogen (secondary N) is 1. The maximum absolute atomic E-state index is 12.7. The largest absolute Gasteiger partial charge is 0.322 e. The summed E-state index contributed by atoms with van der Waals surface area (Å²) in [5, 5.41) is 7.31. The van der Waals surface area contributed by atoms with Gasteiger partial charge in [0.2, 0.25) is 0 Å². The SMILES string of the molecule is CCc1cccc(NC(=O)c2cnn(-c3ccccn3)c2CC)c1. The number of amides is 1.